The van der Waals surface area contributed by atoms with Gasteiger partial charge in [-0.2, -0.15) is 0 Å². The minimum atomic E-state index is -3.48. The topological polar surface area (TPSA) is 83.7 Å². The molecule has 0 unspecified atom stereocenters. The van der Waals surface area contributed by atoms with Crippen LogP contribution < -0.4 is 10.6 Å². The third kappa shape index (κ3) is 3.96. The number of sulfone groups is 1. The predicted molar refractivity (Wildman–Crippen MR) is 88.3 cm³/mol. The summed E-state index contributed by atoms with van der Waals surface area (Å²) in [5, 5.41) is 0.543. The standard InChI is InChI=1S/C13H23N3O3S2/c1-6-21(18,19)12-10(14)11(9(2)17)20-13(12)16(5)8-7-15(3)4/h6-8,14H2,1-5H3. The van der Waals surface area contributed by atoms with Gasteiger partial charge in [0.1, 0.15) is 9.90 Å². The second-order valence-corrected chi connectivity index (χ2v) is 8.38. The summed E-state index contributed by atoms with van der Waals surface area (Å²) in [6.07, 6.45) is 0. The first-order valence-electron chi connectivity index (χ1n) is 6.63. The highest BCUT2D eigenvalue weighted by molar-refractivity contribution is 7.92. The van der Waals surface area contributed by atoms with Crippen molar-refractivity contribution < 1.29 is 13.2 Å². The van der Waals surface area contributed by atoms with E-state index in [0.29, 0.717) is 16.4 Å². The number of carbonyl (C=O) groups is 1. The monoisotopic (exact) mass is 333 g/mol. The van der Waals surface area contributed by atoms with Crippen molar-refractivity contribution in [3.63, 3.8) is 0 Å². The van der Waals surface area contributed by atoms with E-state index in [1.807, 2.05) is 30.9 Å². The number of rotatable bonds is 7. The summed E-state index contributed by atoms with van der Waals surface area (Å²) in [6, 6.07) is 0. The third-order valence-corrected chi connectivity index (χ3v) is 6.47. The molecule has 1 rings (SSSR count). The largest absolute Gasteiger partial charge is 0.396 e. The van der Waals surface area contributed by atoms with Crippen LogP contribution in [-0.2, 0) is 9.84 Å². The lowest BCUT2D eigenvalue weighted by Gasteiger charge is -2.21. The zero-order valence-electron chi connectivity index (χ0n) is 13.1. The van der Waals surface area contributed by atoms with E-state index in [9.17, 15) is 13.2 Å². The first-order chi connectivity index (χ1) is 9.61. The van der Waals surface area contributed by atoms with Gasteiger partial charge in [0.25, 0.3) is 0 Å². The maximum absolute atomic E-state index is 12.3. The van der Waals surface area contributed by atoms with Crippen LogP contribution in [0.2, 0.25) is 0 Å². The lowest BCUT2D eigenvalue weighted by Crippen LogP contribution is -2.28. The van der Waals surface area contributed by atoms with Gasteiger partial charge in [0.15, 0.2) is 15.6 Å². The van der Waals surface area contributed by atoms with Crippen LogP contribution in [0.3, 0.4) is 0 Å². The zero-order chi connectivity index (χ0) is 16.4. The fourth-order valence-electron chi connectivity index (χ4n) is 1.83. The number of thiophene rings is 1. The Hall–Kier alpha value is -1.12. The molecule has 2 N–H and O–H groups in total. The molecule has 0 aromatic carbocycles. The van der Waals surface area contributed by atoms with E-state index in [-0.39, 0.29) is 22.1 Å². The summed E-state index contributed by atoms with van der Waals surface area (Å²) in [5.41, 5.74) is 6.02. The molecule has 0 spiro atoms. The first kappa shape index (κ1) is 17.9. The molecule has 0 aliphatic heterocycles. The zero-order valence-corrected chi connectivity index (χ0v) is 14.8. The molecule has 21 heavy (non-hydrogen) atoms. The van der Waals surface area contributed by atoms with E-state index in [4.69, 9.17) is 5.73 Å². The van der Waals surface area contributed by atoms with Crippen LogP contribution >= 0.6 is 11.3 Å². The molecule has 0 amide bonds. The van der Waals surface area contributed by atoms with Crippen LogP contribution in [0.5, 0.6) is 0 Å². The number of carbonyl (C=O) groups excluding carboxylic acids is 1. The third-order valence-electron chi connectivity index (χ3n) is 3.12. The Balaban J connectivity index is 3.36. The Bertz CT molecular complexity index is 621. The predicted octanol–water partition coefficient (Wildman–Crippen LogP) is 1.32. The molecule has 1 aromatic rings. The molecule has 6 nitrogen and oxygen atoms in total. The van der Waals surface area contributed by atoms with Crippen molar-refractivity contribution in [1.29, 1.82) is 0 Å². The molecule has 0 saturated heterocycles. The number of nitrogens with zero attached hydrogens (tertiary/aromatic N) is 2. The van der Waals surface area contributed by atoms with E-state index in [1.165, 1.54) is 6.92 Å². The van der Waals surface area contributed by atoms with E-state index in [0.717, 1.165) is 17.9 Å². The average molecular weight is 333 g/mol. The number of hydrogen-bond donors (Lipinski definition) is 1. The Morgan fingerprint density at radius 2 is 1.81 bits per heavy atom. The van der Waals surface area contributed by atoms with E-state index >= 15 is 0 Å². The highest BCUT2D eigenvalue weighted by atomic mass is 32.2. The van der Waals surface area contributed by atoms with Gasteiger partial charge >= 0.3 is 0 Å². The minimum absolute atomic E-state index is 0.0419. The van der Waals surface area contributed by atoms with Crippen molar-refractivity contribution >= 4 is 37.6 Å². The maximum Gasteiger partial charge on any atom is 0.183 e. The molecular weight excluding hydrogens is 310 g/mol. The van der Waals surface area contributed by atoms with Gasteiger partial charge in [0.05, 0.1) is 16.3 Å². The molecule has 0 aliphatic rings. The van der Waals surface area contributed by atoms with Gasteiger partial charge in [-0.05, 0) is 14.1 Å². The van der Waals surface area contributed by atoms with E-state index < -0.39 is 9.84 Å². The van der Waals surface area contributed by atoms with Gasteiger partial charge in [-0.1, -0.05) is 6.92 Å². The van der Waals surface area contributed by atoms with Crippen molar-refractivity contribution in [2.45, 2.75) is 18.7 Å². The van der Waals surface area contributed by atoms with Crippen molar-refractivity contribution in [2.24, 2.45) is 0 Å². The fourth-order valence-corrected chi connectivity index (χ4v) is 4.54. The molecule has 0 bridgehead atoms. The highest BCUT2D eigenvalue weighted by Crippen LogP contribution is 2.41. The average Bonchev–Trinajstić information content (AvgIpc) is 2.74. The molecule has 0 radical (unpaired) electrons. The molecular formula is C13H23N3O3S2. The van der Waals surface area contributed by atoms with Gasteiger partial charge in [0.2, 0.25) is 0 Å². The van der Waals surface area contributed by atoms with Crippen LogP contribution in [0, 0.1) is 0 Å². The summed E-state index contributed by atoms with van der Waals surface area (Å²) in [4.78, 5) is 15.9. The number of nitrogens with two attached hydrogens (primary N) is 1. The number of Topliss-reactive ketones (excluding diaryl/α,β-unsaturated/α-hetero) is 1. The molecule has 0 aliphatic carbocycles. The molecule has 1 heterocycles. The Morgan fingerprint density at radius 3 is 2.24 bits per heavy atom. The number of anilines is 2. The summed E-state index contributed by atoms with van der Waals surface area (Å²) in [5.74, 6) is -0.253. The minimum Gasteiger partial charge on any atom is -0.396 e. The Labute approximate surface area is 130 Å². The number of nitrogen functional groups attached to an aromatic ring is 1. The van der Waals surface area contributed by atoms with Gasteiger partial charge in [-0.25, -0.2) is 8.42 Å². The molecule has 0 atom stereocenters. The van der Waals surface area contributed by atoms with Gasteiger partial charge in [-0.3, -0.25) is 4.79 Å². The summed E-state index contributed by atoms with van der Waals surface area (Å²) in [6.45, 7) is 4.39. The second-order valence-electron chi connectivity index (χ2n) is 5.16. The molecule has 0 fully saturated rings. The van der Waals surface area contributed by atoms with E-state index in [1.54, 1.807) is 6.92 Å². The van der Waals surface area contributed by atoms with Crippen molar-refractivity contribution in [3.05, 3.63) is 4.88 Å². The van der Waals surface area contributed by atoms with Crippen molar-refractivity contribution in [1.82, 2.24) is 4.90 Å². The number of ketones is 1. The quantitative estimate of drug-likeness (QED) is 0.758. The van der Waals surface area contributed by atoms with Crippen molar-refractivity contribution in [3.8, 4) is 0 Å². The number of likely N-dealkylation sites (N-methyl/N-ethyl adjacent to an activating group) is 2. The van der Waals surface area contributed by atoms with Crippen LogP contribution in [0.1, 0.15) is 23.5 Å². The lowest BCUT2D eigenvalue weighted by molar-refractivity contribution is 0.102. The Morgan fingerprint density at radius 1 is 1.24 bits per heavy atom. The van der Waals surface area contributed by atoms with Crippen molar-refractivity contribution in [2.75, 3.05) is 50.6 Å². The van der Waals surface area contributed by atoms with Gasteiger partial charge < -0.3 is 15.5 Å². The van der Waals surface area contributed by atoms with Gasteiger partial charge in [-0.15, -0.1) is 11.3 Å². The van der Waals surface area contributed by atoms with E-state index in [2.05, 4.69) is 0 Å². The van der Waals surface area contributed by atoms with Crippen LogP contribution in [0.25, 0.3) is 0 Å². The maximum atomic E-state index is 12.3. The highest BCUT2D eigenvalue weighted by Gasteiger charge is 2.29. The van der Waals surface area contributed by atoms with Crippen LogP contribution in [0.15, 0.2) is 4.90 Å². The normalized spacial score (nSPS) is 11.9. The number of hydrogen-bond acceptors (Lipinski definition) is 7. The summed E-state index contributed by atoms with van der Waals surface area (Å²) < 4.78 is 24.6. The first-order valence-corrected chi connectivity index (χ1v) is 9.10. The second kappa shape index (κ2) is 6.76. The van der Waals surface area contributed by atoms with Crippen LogP contribution in [-0.4, -0.2) is 59.1 Å². The molecule has 0 saturated carbocycles. The van der Waals surface area contributed by atoms with Crippen LogP contribution in [0.4, 0.5) is 10.7 Å². The van der Waals surface area contributed by atoms with Gasteiger partial charge in [0, 0.05) is 27.1 Å². The summed E-state index contributed by atoms with van der Waals surface area (Å²) in [7, 11) is 2.23. The lowest BCUT2D eigenvalue weighted by atomic mass is 10.3. The summed E-state index contributed by atoms with van der Waals surface area (Å²) >= 11 is 1.15. The molecule has 8 heteroatoms. The Kier molecular flexibility index (Phi) is 5.77. The molecule has 120 valence electrons. The fraction of sp³-hybridized carbons (Fsp3) is 0.615. The SMILES string of the molecule is CCS(=O)(=O)c1c(N(C)CCN(C)C)sc(C(C)=O)c1N. The smallest absolute Gasteiger partial charge is 0.183 e. The molecule has 1 aromatic heterocycles.